The minimum atomic E-state index is -4.29. The van der Waals surface area contributed by atoms with Gasteiger partial charge >= 0.3 is 13.8 Å². The molecule has 17 heteroatoms. The van der Waals surface area contributed by atoms with Crippen LogP contribution in [-0.4, -0.2) is 91.5 Å². The standard InChI is InChI=1S/C20H29ClN5O10P/c1-2-33-20(29)34-9-35-37(30,31)10-32-7-12-14(27)15(28)18(36-12)26-8-22-13-16(23-11-5-3-4-6-11)24-19(21)25-17(13)26/h8,11-12,14-15,18,27-28H,2-7,9-10H2,1H3,(H,30,31)(H,23,24,25)/t12-,14-,15-,18-/m1/s1. The minimum absolute atomic E-state index is 0.0201. The molecule has 1 saturated carbocycles. The highest BCUT2D eigenvalue weighted by Gasteiger charge is 2.44. The Morgan fingerprint density at radius 2 is 2.03 bits per heavy atom. The Balaban J connectivity index is 1.36. The molecule has 5 atom stereocenters. The summed E-state index contributed by atoms with van der Waals surface area (Å²) in [4.78, 5) is 33.7. The molecule has 0 radical (unpaired) electrons. The van der Waals surface area contributed by atoms with Gasteiger partial charge in [0.1, 0.15) is 24.7 Å². The normalized spacial score (nSPS) is 25.9. The maximum Gasteiger partial charge on any atom is 0.510 e. The number of imidazole rings is 1. The molecule has 2 aliphatic rings. The molecule has 37 heavy (non-hydrogen) atoms. The fourth-order valence-electron chi connectivity index (χ4n) is 4.17. The highest BCUT2D eigenvalue weighted by molar-refractivity contribution is 7.52. The summed E-state index contributed by atoms with van der Waals surface area (Å²) in [5.41, 5.74) is 0.734. The van der Waals surface area contributed by atoms with Gasteiger partial charge in [0.2, 0.25) is 12.1 Å². The molecule has 1 aliphatic heterocycles. The second kappa shape index (κ2) is 12.2. The molecule has 1 saturated heterocycles. The third-order valence-electron chi connectivity index (χ3n) is 5.93. The van der Waals surface area contributed by atoms with Crippen LogP contribution in [0.4, 0.5) is 10.6 Å². The molecule has 1 unspecified atom stereocenters. The van der Waals surface area contributed by atoms with Crippen LogP contribution in [0.25, 0.3) is 11.2 Å². The molecule has 0 aromatic carbocycles. The van der Waals surface area contributed by atoms with Crippen LogP contribution in [0.5, 0.6) is 0 Å². The summed E-state index contributed by atoms with van der Waals surface area (Å²) in [6.45, 7) is 0.480. The number of aromatic nitrogens is 4. The fraction of sp³-hybridized carbons (Fsp3) is 0.700. The van der Waals surface area contributed by atoms with E-state index in [1.165, 1.54) is 10.9 Å². The lowest BCUT2D eigenvalue weighted by molar-refractivity contribution is -0.0624. The van der Waals surface area contributed by atoms with E-state index in [2.05, 4.69) is 34.3 Å². The van der Waals surface area contributed by atoms with Crippen LogP contribution in [-0.2, 0) is 28.0 Å². The van der Waals surface area contributed by atoms with Gasteiger partial charge in [-0.2, -0.15) is 9.97 Å². The molecule has 2 aromatic rings. The van der Waals surface area contributed by atoms with E-state index in [1.54, 1.807) is 6.92 Å². The zero-order valence-corrected chi connectivity index (χ0v) is 21.6. The number of aliphatic hydroxyl groups is 2. The van der Waals surface area contributed by atoms with Crippen molar-refractivity contribution in [3.05, 3.63) is 11.6 Å². The summed E-state index contributed by atoms with van der Waals surface area (Å²) in [6.07, 6.45) is -1.09. The molecular weight excluding hydrogens is 537 g/mol. The van der Waals surface area contributed by atoms with Crippen LogP contribution in [0.2, 0.25) is 5.28 Å². The zero-order valence-electron chi connectivity index (χ0n) is 19.9. The van der Waals surface area contributed by atoms with Gasteiger partial charge in [-0.15, -0.1) is 0 Å². The summed E-state index contributed by atoms with van der Waals surface area (Å²) in [7, 11) is -4.29. The quantitative estimate of drug-likeness (QED) is 0.133. The Morgan fingerprint density at radius 1 is 1.27 bits per heavy atom. The number of carbonyl (C=O) groups excluding carboxylic acids is 1. The van der Waals surface area contributed by atoms with Crippen molar-refractivity contribution in [2.45, 2.75) is 63.2 Å². The third kappa shape index (κ3) is 6.86. The molecule has 1 aliphatic carbocycles. The Morgan fingerprint density at radius 3 is 2.76 bits per heavy atom. The smallest absolute Gasteiger partial charge is 0.435 e. The van der Waals surface area contributed by atoms with Crippen LogP contribution >= 0.6 is 19.2 Å². The van der Waals surface area contributed by atoms with Crippen LogP contribution in [0.3, 0.4) is 0 Å². The van der Waals surface area contributed by atoms with Crippen molar-refractivity contribution in [1.82, 2.24) is 19.5 Å². The minimum Gasteiger partial charge on any atom is -0.435 e. The Bertz CT molecular complexity index is 1130. The van der Waals surface area contributed by atoms with Gasteiger partial charge in [0, 0.05) is 6.04 Å². The number of halogens is 1. The molecule has 0 spiro atoms. The van der Waals surface area contributed by atoms with E-state index < -0.39 is 51.4 Å². The molecule has 3 heterocycles. The van der Waals surface area contributed by atoms with Gasteiger partial charge in [-0.05, 0) is 31.4 Å². The number of hydrogen-bond acceptors (Lipinski definition) is 13. The second-order valence-corrected chi connectivity index (χ2v) is 10.7. The molecule has 0 bridgehead atoms. The number of hydrogen-bond donors (Lipinski definition) is 4. The first-order chi connectivity index (χ1) is 17.7. The molecule has 15 nitrogen and oxygen atoms in total. The van der Waals surface area contributed by atoms with Gasteiger partial charge in [-0.3, -0.25) is 13.7 Å². The molecule has 4 rings (SSSR count). The summed E-state index contributed by atoms with van der Waals surface area (Å²) < 4.78 is 38.0. The van der Waals surface area contributed by atoms with E-state index in [9.17, 15) is 24.5 Å². The van der Waals surface area contributed by atoms with E-state index in [4.69, 9.17) is 21.1 Å². The topological polar surface area (TPSA) is 197 Å². The average Bonchev–Trinajstić information content (AvgIpc) is 3.56. The second-order valence-electron chi connectivity index (χ2n) is 8.55. The van der Waals surface area contributed by atoms with Gasteiger partial charge in [-0.25, -0.2) is 9.78 Å². The lowest BCUT2D eigenvalue weighted by atomic mass is 10.1. The van der Waals surface area contributed by atoms with Crippen LogP contribution < -0.4 is 5.32 Å². The monoisotopic (exact) mass is 565 g/mol. The molecule has 0 amide bonds. The number of aliphatic hydroxyl groups excluding tert-OH is 2. The number of carbonyl (C=O) groups is 1. The number of nitrogens with zero attached hydrogens (tertiary/aromatic N) is 4. The number of anilines is 1. The number of rotatable bonds is 11. The maximum absolute atomic E-state index is 12.0. The van der Waals surface area contributed by atoms with E-state index in [0.717, 1.165) is 25.7 Å². The van der Waals surface area contributed by atoms with Crippen LogP contribution in [0.1, 0.15) is 38.8 Å². The van der Waals surface area contributed by atoms with Crippen molar-refractivity contribution >= 4 is 42.3 Å². The predicted octanol–water partition coefficient (Wildman–Crippen LogP) is 1.76. The lowest BCUT2D eigenvalue weighted by Gasteiger charge is -2.17. The largest absolute Gasteiger partial charge is 0.510 e. The highest BCUT2D eigenvalue weighted by Crippen LogP contribution is 2.42. The first kappa shape index (κ1) is 27.9. The van der Waals surface area contributed by atoms with Crippen LogP contribution in [0.15, 0.2) is 6.33 Å². The van der Waals surface area contributed by atoms with Crippen molar-refractivity contribution in [3.8, 4) is 0 Å². The number of nitrogens with one attached hydrogen (secondary N) is 1. The molecule has 2 aromatic heterocycles. The van der Waals surface area contributed by atoms with Gasteiger partial charge in [-0.1, -0.05) is 12.8 Å². The molecule has 206 valence electrons. The van der Waals surface area contributed by atoms with Gasteiger partial charge in [0.25, 0.3) is 0 Å². The van der Waals surface area contributed by atoms with E-state index in [-0.39, 0.29) is 24.5 Å². The Hall–Kier alpha value is -2.10. The van der Waals surface area contributed by atoms with Gasteiger partial charge < -0.3 is 39.4 Å². The maximum atomic E-state index is 12.0. The fourth-order valence-corrected chi connectivity index (χ4v) is 4.97. The molecule has 4 N–H and O–H groups in total. The van der Waals surface area contributed by atoms with Gasteiger partial charge in [0.15, 0.2) is 23.2 Å². The van der Waals surface area contributed by atoms with Crippen molar-refractivity contribution in [1.29, 1.82) is 0 Å². The van der Waals surface area contributed by atoms with Gasteiger partial charge in [0.05, 0.1) is 19.5 Å². The van der Waals surface area contributed by atoms with E-state index in [0.29, 0.717) is 17.0 Å². The average molecular weight is 566 g/mol. The lowest BCUT2D eigenvalue weighted by Crippen LogP contribution is -2.34. The Kier molecular flexibility index (Phi) is 9.19. The van der Waals surface area contributed by atoms with Crippen molar-refractivity contribution in [2.75, 3.05) is 31.7 Å². The third-order valence-corrected chi connectivity index (χ3v) is 7.12. The van der Waals surface area contributed by atoms with Crippen molar-refractivity contribution in [3.63, 3.8) is 0 Å². The summed E-state index contributed by atoms with van der Waals surface area (Å²) in [5, 5.41) is 24.4. The first-order valence-electron chi connectivity index (χ1n) is 11.7. The van der Waals surface area contributed by atoms with E-state index in [1.807, 2.05) is 0 Å². The number of ether oxygens (including phenoxy) is 4. The van der Waals surface area contributed by atoms with Crippen LogP contribution in [0, 0.1) is 0 Å². The predicted molar refractivity (Wildman–Crippen MR) is 127 cm³/mol. The summed E-state index contributed by atoms with van der Waals surface area (Å²) in [6, 6.07) is 0.249. The zero-order chi connectivity index (χ0) is 26.6. The highest BCUT2D eigenvalue weighted by atomic mass is 35.5. The SMILES string of the molecule is CCOC(=O)OCOP(=O)(O)COC[C@H]1O[C@@H](n2cnc3c(NC4CCCC4)nc(Cl)nc32)[C@H](O)[C@@H]1O. The summed E-state index contributed by atoms with van der Waals surface area (Å²) >= 11 is 6.15. The van der Waals surface area contributed by atoms with Crippen molar-refractivity contribution in [2.24, 2.45) is 0 Å². The Labute approximate surface area is 216 Å². The van der Waals surface area contributed by atoms with Crippen molar-refractivity contribution < 1.29 is 47.9 Å². The molecule has 2 fully saturated rings. The molecular formula is C20H29ClN5O10P. The number of fused-ring (bicyclic) bond motifs is 1. The van der Waals surface area contributed by atoms with E-state index >= 15 is 0 Å². The summed E-state index contributed by atoms with van der Waals surface area (Å²) in [5.74, 6) is 0.471. The first-order valence-corrected chi connectivity index (χ1v) is 13.8.